The van der Waals surface area contributed by atoms with Crippen molar-refractivity contribution in [2.24, 2.45) is 0 Å². The van der Waals surface area contributed by atoms with Gasteiger partial charge < -0.3 is 10.1 Å². The normalized spacial score (nSPS) is 14.5. The average molecular weight is 461 g/mol. The summed E-state index contributed by atoms with van der Waals surface area (Å²) in [6.45, 7) is 0.998. The van der Waals surface area contributed by atoms with Gasteiger partial charge in [0.2, 0.25) is 10.0 Å². The summed E-state index contributed by atoms with van der Waals surface area (Å²) >= 11 is 6.01. The number of rotatable bonds is 6. The van der Waals surface area contributed by atoms with Gasteiger partial charge in [-0.05, 0) is 43.2 Å². The van der Waals surface area contributed by atoms with Gasteiger partial charge >= 0.3 is 0 Å². The van der Waals surface area contributed by atoms with Crippen LogP contribution in [-0.2, 0) is 10.0 Å². The van der Waals surface area contributed by atoms with E-state index in [1.165, 1.54) is 29.6 Å². The molecule has 0 unspecified atom stereocenters. The number of sulfonamides is 1. The molecule has 1 fully saturated rings. The molecule has 0 atom stereocenters. The zero-order valence-corrected chi connectivity index (χ0v) is 18.3. The molecule has 1 aliphatic heterocycles. The molecule has 1 saturated heterocycles. The van der Waals surface area contributed by atoms with Crippen LogP contribution >= 0.6 is 11.6 Å². The molecule has 162 valence electrons. The quantitative estimate of drug-likeness (QED) is 0.582. The van der Waals surface area contributed by atoms with Gasteiger partial charge in [0.15, 0.2) is 0 Å². The zero-order chi connectivity index (χ0) is 22.0. The summed E-state index contributed by atoms with van der Waals surface area (Å²) in [5, 5.41) is 10.2. The Morgan fingerprint density at radius 3 is 2.65 bits per heavy atom. The van der Waals surface area contributed by atoms with Gasteiger partial charge in [-0.2, -0.15) is 9.40 Å². The number of ether oxygens (including phenoxy) is 1. The summed E-state index contributed by atoms with van der Waals surface area (Å²) in [5.74, 6) is -0.244. The van der Waals surface area contributed by atoms with Crippen molar-refractivity contribution in [1.29, 1.82) is 0 Å². The third-order valence-electron chi connectivity index (χ3n) is 5.05. The van der Waals surface area contributed by atoms with E-state index in [9.17, 15) is 13.2 Å². The van der Waals surface area contributed by atoms with E-state index < -0.39 is 15.9 Å². The summed E-state index contributed by atoms with van der Waals surface area (Å²) < 4.78 is 32.5. The standard InChI is InChI=1S/C21H21ClN4O4S/c1-30-19-12-16(7-8-20(19)31(28,29)26-9-2-3-10-26)23-21(27)18-13-17(24-25-18)14-5-4-6-15(22)11-14/h4-8,11-13H,2-3,9-10H2,1H3,(H,23,27)(H,24,25). The van der Waals surface area contributed by atoms with E-state index in [2.05, 4.69) is 15.5 Å². The van der Waals surface area contributed by atoms with Crippen molar-refractivity contribution in [2.45, 2.75) is 17.7 Å². The number of carbonyl (C=O) groups excluding carboxylic acids is 1. The highest BCUT2D eigenvalue weighted by Crippen LogP contribution is 2.31. The Morgan fingerprint density at radius 1 is 1.16 bits per heavy atom. The van der Waals surface area contributed by atoms with E-state index in [0.29, 0.717) is 29.5 Å². The van der Waals surface area contributed by atoms with Gasteiger partial charge in [-0.1, -0.05) is 23.7 Å². The van der Waals surface area contributed by atoms with Crippen LogP contribution in [0.5, 0.6) is 5.75 Å². The molecule has 0 radical (unpaired) electrons. The van der Waals surface area contributed by atoms with Crippen molar-refractivity contribution >= 4 is 33.2 Å². The predicted octanol–water partition coefficient (Wildman–Crippen LogP) is 3.78. The van der Waals surface area contributed by atoms with Gasteiger partial charge in [0.25, 0.3) is 5.91 Å². The number of H-pyrrole nitrogens is 1. The van der Waals surface area contributed by atoms with Crippen LogP contribution in [0.1, 0.15) is 23.3 Å². The number of aromatic nitrogens is 2. The number of carbonyl (C=O) groups is 1. The topological polar surface area (TPSA) is 104 Å². The van der Waals surface area contributed by atoms with Crippen LogP contribution in [0.4, 0.5) is 5.69 Å². The highest BCUT2D eigenvalue weighted by atomic mass is 35.5. The van der Waals surface area contributed by atoms with Crippen molar-refractivity contribution in [3.05, 3.63) is 59.2 Å². The van der Waals surface area contributed by atoms with Gasteiger partial charge in [-0.3, -0.25) is 9.89 Å². The fraction of sp³-hybridized carbons (Fsp3) is 0.238. The molecule has 2 N–H and O–H groups in total. The number of anilines is 1. The van der Waals surface area contributed by atoms with Gasteiger partial charge in [-0.25, -0.2) is 8.42 Å². The fourth-order valence-corrected chi connectivity index (χ4v) is 5.30. The SMILES string of the molecule is COc1cc(NC(=O)c2cc(-c3cccc(Cl)c3)n[nH]2)ccc1S(=O)(=O)N1CCCC1. The van der Waals surface area contributed by atoms with Gasteiger partial charge in [0, 0.05) is 35.4 Å². The van der Waals surface area contributed by atoms with Crippen molar-refractivity contribution in [3.8, 4) is 17.0 Å². The Hall–Kier alpha value is -2.88. The summed E-state index contributed by atoms with van der Waals surface area (Å²) in [5.41, 5.74) is 2.02. The highest BCUT2D eigenvalue weighted by molar-refractivity contribution is 7.89. The van der Waals surface area contributed by atoms with Crippen LogP contribution in [0.3, 0.4) is 0 Å². The number of benzene rings is 2. The van der Waals surface area contributed by atoms with E-state index in [0.717, 1.165) is 18.4 Å². The number of aromatic amines is 1. The number of nitrogens with one attached hydrogen (secondary N) is 2. The molecule has 2 heterocycles. The smallest absolute Gasteiger partial charge is 0.273 e. The molecule has 2 aromatic carbocycles. The molecule has 1 amide bonds. The lowest BCUT2D eigenvalue weighted by atomic mass is 10.1. The van der Waals surface area contributed by atoms with E-state index in [1.54, 1.807) is 24.3 Å². The number of amides is 1. The monoisotopic (exact) mass is 460 g/mol. The number of nitrogens with zero attached hydrogens (tertiary/aromatic N) is 2. The van der Waals surface area contributed by atoms with E-state index >= 15 is 0 Å². The molecule has 1 aliphatic rings. The summed E-state index contributed by atoms with van der Waals surface area (Å²) in [7, 11) is -2.24. The van der Waals surface area contributed by atoms with E-state index in [1.807, 2.05) is 6.07 Å². The van der Waals surface area contributed by atoms with Gasteiger partial charge in [0.05, 0.1) is 12.8 Å². The van der Waals surface area contributed by atoms with Gasteiger partial charge in [-0.15, -0.1) is 0 Å². The Morgan fingerprint density at radius 2 is 1.94 bits per heavy atom. The van der Waals surface area contributed by atoms with Crippen molar-refractivity contribution < 1.29 is 17.9 Å². The molecule has 8 nitrogen and oxygen atoms in total. The third-order valence-corrected chi connectivity index (χ3v) is 7.22. The molecule has 0 aliphatic carbocycles. The first-order valence-electron chi connectivity index (χ1n) is 9.69. The second kappa shape index (κ2) is 8.70. The maximum Gasteiger partial charge on any atom is 0.273 e. The van der Waals surface area contributed by atoms with Crippen LogP contribution in [-0.4, -0.2) is 49.0 Å². The molecular weight excluding hydrogens is 440 g/mol. The molecular formula is C21H21ClN4O4S. The van der Waals surface area contributed by atoms with Crippen LogP contribution in [0.2, 0.25) is 5.02 Å². The van der Waals surface area contributed by atoms with E-state index in [-0.39, 0.29) is 16.3 Å². The van der Waals surface area contributed by atoms with E-state index in [4.69, 9.17) is 16.3 Å². The first-order chi connectivity index (χ1) is 14.9. The molecule has 3 aromatic rings. The minimum absolute atomic E-state index is 0.0830. The lowest BCUT2D eigenvalue weighted by molar-refractivity contribution is 0.102. The van der Waals surface area contributed by atoms with Crippen LogP contribution in [0.15, 0.2) is 53.4 Å². The number of halogens is 1. The maximum absolute atomic E-state index is 12.9. The first kappa shape index (κ1) is 21.4. The Bertz CT molecular complexity index is 1220. The third kappa shape index (κ3) is 4.43. The lowest BCUT2D eigenvalue weighted by Gasteiger charge is -2.18. The molecule has 4 rings (SSSR count). The minimum Gasteiger partial charge on any atom is -0.495 e. The summed E-state index contributed by atoms with van der Waals surface area (Å²) in [6, 6.07) is 13.3. The first-order valence-corrected chi connectivity index (χ1v) is 11.5. The largest absolute Gasteiger partial charge is 0.495 e. The lowest BCUT2D eigenvalue weighted by Crippen LogP contribution is -2.28. The summed E-state index contributed by atoms with van der Waals surface area (Å²) in [6.07, 6.45) is 1.69. The molecule has 0 bridgehead atoms. The Kier molecular flexibility index (Phi) is 5.99. The maximum atomic E-state index is 12.9. The molecule has 0 saturated carbocycles. The average Bonchev–Trinajstić information content (AvgIpc) is 3.46. The number of hydrogen-bond acceptors (Lipinski definition) is 5. The zero-order valence-electron chi connectivity index (χ0n) is 16.8. The molecule has 0 spiro atoms. The molecule has 1 aromatic heterocycles. The number of methoxy groups -OCH3 is 1. The minimum atomic E-state index is -3.64. The Labute approximate surface area is 185 Å². The second-order valence-corrected chi connectivity index (χ2v) is 9.45. The van der Waals surface area contributed by atoms with Crippen molar-refractivity contribution in [3.63, 3.8) is 0 Å². The van der Waals surface area contributed by atoms with Crippen molar-refractivity contribution in [1.82, 2.24) is 14.5 Å². The van der Waals surface area contributed by atoms with Crippen molar-refractivity contribution in [2.75, 3.05) is 25.5 Å². The highest BCUT2D eigenvalue weighted by Gasteiger charge is 2.30. The Balaban J connectivity index is 1.54. The second-order valence-electron chi connectivity index (χ2n) is 7.11. The summed E-state index contributed by atoms with van der Waals surface area (Å²) in [4.78, 5) is 12.7. The van der Waals surface area contributed by atoms with Gasteiger partial charge in [0.1, 0.15) is 16.3 Å². The number of hydrogen-bond donors (Lipinski definition) is 2. The fourth-order valence-electron chi connectivity index (χ4n) is 3.46. The molecule has 10 heteroatoms. The predicted molar refractivity (Wildman–Crippen MR) is 118 cm³/mol. The van der Waals surface area contributed by atoms with Crippen LogP contribution in [0.25, 0.3) is 11.3 Å². The van der Waals surface area contributed by atoms with Crippen LogP contribution < -0.4 is 10.1 Å². The van der Waals surface area contributed by atoms with Crippen LogP contribution in [0, 0.1) is 0 Å². The molecule has 31 heavy (non-hydrogen) atoms.